The number of hydrogen-bond donors (Lipinski definition) is 3. The number of ketones is 1. The zero-order chi connectivity index (χ0) is 32.2. The van der Waals surface area contributed by atoms with Crippen LogP contribution >= 0.6 is 0 Å². The molecule has 2 aliphatic rings. The lowest BCUT2D eigenvalue weighted by atomic mass is 10.0. The molecule has 1 amide bonds. The zero-order valence-electron chi connectivity index (χ0n) is 26.2. The fraction of sp³-hybridized carbons (Fsp3) is 0.400. The van der Waals surface area contributed by atoms with Crippen LogP contribution in [0.4, 0.5) is 26.0 Å². The minimum atomic E-state index is -0.612. The van der Waals surface area contributed by atoms with Crippen LogP contribution in [-0.2, 0) is 16.0 Å². The monoisotopic (exact) mass is 630 g/mol. The molecule has 4 aromatic rings. The molecular weight excluding hydrogens is 590 g/mol. The van der Waals surface area contributed by atoms with Gasteiger partial charge < -0.3 is 20.3 Å². The van der Waals surface area contributed by atoms with Gasteiger partial charge in [0.2, 0.25) is 0 Å². The standard InChI is InChI=1S/C35H40F2N6O3/c1-22(2)33(44)21-42-9-11-43(12-10-42)28-4-6-30(31(20-28)38-27-7-13-46-14-8-27)35(45)39-34-29-5-3-23(18-32(29)40-41-34)15-24-16-25(36)19-26(37)17-24/h3-6,16-20,22,27,38H,7-15,21H2,1-2H3,(H2,39,40,41,45). The molecule has 1 aromatic heterocycles. The van der Waals surface area contributed by atoms with Gasteiger partial charge in [0.25, 0.3) is 5.91 Å². The molecule has 9 nitrogen and oxygen atoms in total. The Morgan fingerprint density at radius 1 is 0.957 bits per heavy atom. The Morgan fingerprint density at radius 2 is 1.70 bits per heavy atom. The Labute approximate surface area is 267 Å². The number of H-pyrrole nitrogens is 1. The topological polar surface area (TPSA) is 103 Å². The number of hydrogen-bond acceptors (Lipinski definition) is 7. The molecule has 0 spiro atoms. The van der Waals surface area contributed by atoms with E-state index in [1.54, 1.807) is 0 Å². The summed E-state index contributed by atoms with van der Waals surface area (Å²) in [7, 11) is 0. The summed E-state index contributed by atoms with van der Waals surface area (Å²) in [6.45, 7) is 8.90. The quantitative estimate of drug-likeness (QED) is 0.209. The molecule has 3 aromatic carbocycles. The molecule has 0 unspecified atom stereocenters. The number of benzene rings is 3. The third kappa shape index (κ3) is 7.54. The minimum Gasteiger partial charge on any atom is -0.381 e. The number of rotatable bonds is 10. The molecule has 46 heavy (non-hydrogen) atoms. The van der Waals surface area contributed by atoms with Gasteiger partial charge in [0.05, 0.1) is 17.6 Å². The number of aromatic nitrogens is 2. The maximum absolute atomic E-state index is 13.7. The first kappa shape index (κ1) is 31.6. The van der Waals surface area contributed by atoms with Gasteiger partial charge >= 0.3 is 0 Å². The van der Waals surface area contributed by atoms with Gasteiger partial charge in [0.15, 0.2) is 5.82 Å². The first-order valence-electron chi connectivity index (χ1n) is 15.9. The van der Waals surface area contributed by atoms with Crippen molar-refractivity contribution < 1.29 is 23.1 Å². The maximum Gasteiger partial charge on any atom is 0.258 e. The molecule has 2 saturated heterocycles. The summed E-state index contributed by atoms with van der Waals surface area (Å²) in [6.07, 6.45) is 2.05. The minimum absolute atomic E-state index is 0.0337. The second-order valence-corrected chi connectivity index (χ2v) is 12.5. The molecule has 242 valence electrons. The summed E-state index contributed by atoms with van der Waals surface area (Å²) in [4.78, 5) is 30.5. The third-order valence-corrected chi connectivity index (χ3v) is 8.78. The summed E-state index contributed by atoms with van der Waals surface area (Å²) < 4.78 is 32.9. The molecule has 0 saturated carbocycles. The number of halogens is 2. The van der Waals surface area contributed by atoms with Crippen molar-refractivity contribution in [3.8, 4) is 0 Å². The summed E-state index contributed by atoms with van der Waals surface area (Å²) in [5.74, 6) is -0.816. The SMILES string of the molecule is CC(C)C(=O)CN1CCN(c2ccc(C(=O)Nc3n[nH]c4cc(Cc5cc(F)cc(F)c5)ccc34)c(NC3CCOCC3)c2)CC1. The summed E-state index contributed by atoms with van der Waals surface area (Å²) in [6, 6.07) is 15.1. The summed E-state index contributed by atoms with van der Waals surface area (Å²) in [5.41, 5.74) is 4.37. The predicted molar refractivity (Wildman–Crippen MR) is 176 cm³/mol. The lowest BCUT2D eigenvalue weighted by Crippen LogP contribution is -2.48. The smallest absolute Gasteiger partial charge is 0.258 e. The van der Waals surface area contributed by atoms with Crippen LogP contribution in [0.3, 0.4) is 0 Å². The number of carbonyl (C=O) groups excluding carboxylic acids is 2. The Bertz CT molecular complexity index is 1690. The highest BCUT2D eigenvalue weighted by atomic mass is 19.1. The lowest BCUT2D eigenvalue weighted by Gasteiger charge is -2.36. The van der Waals surface area contributed by atoms with Crippen molar-refractivity contribution in [3.05, 3.63) is 82.9 Å². The third-order valence-electron chi connectivity index (χ3n) is 8.78. The van der Waals surface area contributed by atoms with Gasteiger partial charge in [-0.3, -0.25) is 19.6 Å². The van der Waals surface area contributed by atoms with E-state index < -0.39 is 11.6 Å². The number of aromatic amines is 1. The number of fused-ring (bicyclic) bond motifs is 1. The highest BCUT2D eigenvalue weighted by molar-refractivity contribution is 6.11. The number of anilines is 3. The molecule has 3 heterocycles. The average molecular weight is 631 g/mol. The second kappa shape index (κ2) is 14.0. The Morgan fingerprint density at radius 3 is 2.41 bits per heavy atom. The number of ether oxygens (including phenoxy) is 1. The van der Waals surface area contributed by atoms with Gasteiger partial charge in [-0.2, -0.15) is 5.10 Å². The predicted octanol–water partition coefficient (Wildman–Crippen LogP) is 5.62. The van der Waals surface area contributed by atoms with E-state index in [0.717, 1.165) is 67.4 Å². The summed E-state index contributed by atoms with van der Waals surface area (Å²) >= 11 is 0. The normalized spacial score (nSPS) is 16.2. The molecule has 0 aliphatic carbocycles. The van der Waals surface area contributed by atoms with E-state index >= 15 is 0 Å². The molecule has 6 rings (SSSR count). The first-order chi connectivity index (χ1) is 22.2. The number of Topliss-reactive ketones (excluding diaryl/α,β-unsaturated/α-hetero) is 1. The van der Waals surface area contributed by atoms with Crippen molar-refractivity contribution >= 4 is 39.8 Å². The molecule has 0 atom stereocenters. The van der Waals surface area contributed by atoms with Crippen LogP contribution in [0.15, 0.2) is 54.6 Å². The number of piperazine rings is 1. The fourth-order valence-corrected chi connectivity index (χ4v) is 6.07. The summed E-state index contributed by atoms with van der Waals surface area (Å²) in [5, 5.41) is 14.6. The van der Waals surface area contributed by atoms with Crippen LogP contribution in [-0.4, -0.2) is 78.8 Å². The molecule has 11 heteroatoms. The van der Waals surface area contributed by atoms with Crippen molar-refractivity contribution in [2.45, 2.75) is 39.2 Å². The van der Waals surface area contributed by atoms with E-state index in [1.807, 2.05) is 50.2 Å². The molecule has 2 aliphatic heterocycles. The van der Waals surface area contributed by atoms with Crippen LogP contribution in [0.1, 0.15) is 48.2 Å². The Balaban J connectivity index is 1.18. The first-order valence-corrected chi connectivity index (χ1v) is 15.9. The van der Waals surface area contributed by atoms with Crippen molar-refractivity contribution in [2.75, 3.05) is 61.5 Å². The van der Waals surface area contributed by atoms with Crippen molar-refractivity contribution in [2.24, 2.45) is 5.92 Å². The fourth-order valence-electron chi connectivity index (χ4n) is 6.07. The van der Waals surface area contributed by atoms with E-state index in [9.17, 15) is 18.4 Å². The van der Waals surface area contributed by atoms with Gasteiger partial charge in [-0.1, -0.05) is 19.9 Å². The number of carbonyl (C=O) groups is 2. The largest absolute Gasteiger partial charge is 0.381 e. The van der Waals surface area contributed by atoms with E-state index in [-0.39, 0.29) is 23.7 Å². The Kier molecular flexibility index (Phi) is 9.60. The van der Waals surface area contributed by atoms with Gasteiger partial charge in [0.1, 0.15) is 17.4 Å². The Hall–Kier alpha value is -4.35. The van der Waals surface area contributed by atoms with E-state index in [4.69, 9.17) is 4.74 Å². The van der Waals surface area contributed by atoms with Crippen LogP contribution in [0.25, 0.3) is 10.9 Å². The second-order valence-electron chi connectivity index (χ2n) is 12.5. The molecule has 2 fully saturated rings. The molecular formula is C35H40F2N6O3. The van der Waals surface area contributed by atoms with Crippen LogP contribution in [0.2, 0.25) is 0 Å². The van der Waals surface area contributed by atoms with Crippen molar-refractivity contribution in [3.63, 3.8) is 0 Å². The molecule has 3 N–H and O–H groups in total. The highest BCUT2D eigenvalue weighted by Gasteiger charge is 2.24. The number of nitrogens with one attached hydrogen (secondary N) is 3. The highest BCUT2D eigenvalue weighted by Crippen LogP contribution is 2.29. The van der Waals surface area contributed by atoms with Gasteiger partial charge in [-0.05, 0) is 72.9 Å². The van der Waals surface area contributed by atoms with Gasteiger partial charge in [-0.25, -0.2) is 8.78 Å². The van der Waals surface area contributed by atoms with Gasteiger partial charge in [0, 0.05) is 74.2 Å². The average Bonchev–Trinajstić information content (AvgIpc) is 3.43. The molecule has 0 bridgehead atoms. The van der Waals surface area contributed by atoms with E-state index in [2.05, 4.69) is 30.6 Å². The maximum atomic E-state index is 13.7. The zero-order valence-corrected chi connectivity index (χ0v) is 26.2. The van der Waals surface area contributed by atoms with E-state index in [0.29, 0.717) is 48.6 Å². The van der Waals surface area contributed by atoms with Crippen LogP contribution in [0.5, 0.6) is 0 Å². The number of amides is 1. The van der Waals surface area contributed by atoms with Crippen LogP contribution < -0.4 is 15.5 Å². The number of nitrogens with zero attached hydrogens (tertiary/aromatic N) is 3. The van der Waals surface area contributed by atoms with Crippen molar-refractivity contribution in [1.29, 1.82) is 0 Å². The van der Waals surface area contributed by atoms with Crippen LogP contribution in [0, 0.1) is 17.6 Å². The molecule has 0 radical (unpaired) electrons. The van der Waals surface area contributed by atoms with Gasteiger partial charge in [-0.15, -0.1) is 0 Å². The van der Waals surface area contributed by atoms with E-state index in [1.165, 1.54) is 12.1 Å². The lowest BCUT2D eigenvalue weighted by molar-refractivity contribution is -0.123. The van der Waals surface area contributed by atoms with Crippen molar-refractivity contribution in [1.82, 2.24) is 15.1 Å².